The van der Waals surface area contributed by atoms with E-state index in [0.717, 1.165) is 51.9 Å². The first-order valence-electron chi connectivity index (χ1n) is 10.8. The van der Waals surface area contributed by atoms with Gasteiger partial charge in [0.2, 0.25) is 5.91 Å². The van der Waals surface area contributed by atoms with E-state index in [9.17, 15) is 4.79 Å². The normalized spacial score (nSPS) is 13.4. The number of amides is 1. The fraction of sp³-hybridized carbons (Fsp3) is 0.280. The summed E-state index contributed by atoms with van der Waals surface area (Å²) in [5.74, 6) is 0.813. The number of para-hydroxylation sites is 1. The Morgan fingerprint density at radius 1 is 1.15 bits per heavy atom. The van der Waals surface area contributed by atoms with Gasteiger partial charge in [0.25, 0.3) is 0 Å². The van der Waals surface area contributed by atoms with Gasteiger partial charge in [-0.15, -0.1) is 35.1 Å². The molecule has 1 aliphatic rings. The van der Waals surface area contributed by atoms with Gasteiger partial charge in [0.05, 0.1) is 23.2 Å². The lowest BCUT2D eigenvalue weighted by molar-refractivity contribution is -0.115. The molecule has 0 spiro atoms. The van der Waals surface area contributed by atoms with Crippen LogP contribution in [0.4, 0.5) is 5.00 Å². The van der Waals surface area contributed by atoms with Crippen LogP contribution in [0.15, 0.2) is 48.5 Å². The van der Waals surface area contributed by atoms with Crippen molar-refractivity contribution in [1.82, 2.24) is 9.88 Å². The lowest BCUT2D eigenvalue weighted by Crippen LogP contribution is -2.25. The zero-order chi connectivity index (χ0) is 22.1. The van der Waals surface area contributed by atoms with Gasteiger partial charge in [0, 0.05) is 23.5 Å². The van der Waals surface area contributed by atoms with Gasteiger partial charge in [-0.2, -0.15) is 0 Å². The standard InChI is InChI=1S/C25H25N3O2S2.ClH/c1-3-30-17-10-8-16(9-11-17)14-22(29)27-25-23(18-12-13-28(2)15-21(18)32-25)24-26-19-6-4-5-7-20(19)31-24;/h4-11H,3,12-15H2,1-2H3,(H,27,29);1H. The molecule has 4 aromatic rings. The molecule has 0 aliphatic carbocycles. The van der Waals surface area contributed by atoms with Crippen LogP contribution in [-0.4, -0.2) is 36.0 Å². The number of ether oxygens (including phenoxy) is 1. The largest absolute Gasteiger partial charge is 0.494 e. The fourth-order valence-electron chi connectivity index (χ4n) is 4.05. The molecular weight excluding hydrogens is 474 g/mol. The van der Waals surface area contributed by atoms with Gasteiger partial charge in [-0.3, -0.25) is 4.79 Å². The maximum atomic E-state index is 13.0. The van der Waals surface area contributed by atoms with E-state index in [1.54, 1.807) is 22.7 Å². The van der Waals surface area contributed by atoms with Crippen LogP contribution >= 0.6 is 35.1 Å². The van der Waals surface area contributed by atoms with E-state index in [1.165, 1.54) is 15.1 Å². The minimum Gasteiger partial charge on any atom is -0.494 e. The van der Waals surface area contributed by atoms with E-state index in [1.807, 2.05) is 49.4 Å². The molecule has 172 valence electrons. The highest BCUT2D eigenvalue weighted by atomic mass is 35.5. The molecule has 1 aliphatic heterocycles. The van der Waals surface area contributed by atoms with Crippen molar-refractivity contribution in [2.75, 3.05) is 25.5 Å². The van der Waals surface area contributed by atoms with Crippen LogP contribution in [0.3, 0.4) is 0 Å². The van der Waals surface area contributed by atoms with E-state index in [4.69, 9.17) is 9.72 Å². The molecule has 2 aromatic heterocycles. The summed E-state index contributed by atoms with van der Waals surface area (Å²) >= 11 is 3.39. The average molecular weight is 500 g/mol. The third-order valence-corrected chi connectivity index (χ3v) is 7.79. The second-order valence-electron chi connectivity index (χ2n) is 7.98. The van der Waals surface area contributed by atoms with Gasteiger partial charge in [0.1, 0.15) is 15.8 Å². The zero-order valence-electron chi connectivity index (χ0n) is 18.6. The number of hydrogen-bond donors (Lipinski definition) is 1. The third-order valence-electron chi connectivity index (χ3n) is 5.61. The number of carbonyl (C=O) groups excluding carboxylic acids is 1. The summed E-state index contributed by atoms with van der Waals surface area (Å²) in [5.41, 5.74) is 4.42. The zero-order valence-corrected chi connectivity index (χ0v) is 21.0. The van der Waals surface area contributed by atoms with Crippen LogP contribution in [0.1, 0.15) is 22.9 Å². The highest BCUT2D eigenvalue weighted by Crippen LogP contribution is 2.45. The number of benzene rings is 2. The molecule has 33 heavy (non-hydrogen) atoms. The van der Waals surface area contributed by atoms with Gasteiger partial charge in [0.15, 0.2) is 0 Å². The van der Waals surface area contributed by atoms with Crippen molar-refractivity contribution >= 4 is 56.2 Å². The van der Waals surface area contributed by atoms with Crippen LogP contribution in [0.2, 0.25) is 0 Å². The first kappa shape index (κ1) is 23.7. The number of anilines is 1. The lowest BCUT2D eigenvalue weighted by atomic mass is 10.0. The van der Waals surface area contributed by atoms with Crippen LogP contribution in [0, 0.1) is 0 Å². The lowest BCUT2D eigenvalue weighted by Gasteiger charge is -2.22. The number of nitrogens with one attached hydrogen (secondary N) is 1. The molecule has 0 fully saturated rings. The number of thiazole rings is 1. The van der Waals surface area contributed by atoms with Gasteiger partial charge >= 0.3 is 0 Å². The summed E-state index contributed by atoms with van der Waals surface area (Å²) in [6.45, 7) is 4.52. The predicted molar refractivity (Wildman–Crippen MR) is 140 cm³/mol. The molecule has 2 aromatic carbocycles. The van der Waals surface area contributed by atoms with Crippen molar-refractivity contribution < 1.29 is 9.53 Å². The molecule has 0 bridgehead atoms. The minimum atomic E-state index is -0.0107. The van der Waals surface area contributed by atoms with E-state index in [-0.39, 0.29) is 18.3 Å². The molecular formula is C25H26ClN3O2S2. The SMILES string of the molecule is CCOc1ccc(CC(=O)Nc2sc3c(c2-c2nc4ccccc4s2)CCN(C)C3)cc1.Cl. The number of rotatable bonds is 6. The van der Waals surface area contributed by atoms with Crippen molar-refractivity contribution in [3.63, 3.8) is 0 Å². The van der Waals surface area contributed by atoms with Gasteiger partial charge in [-0.1, -0.05) is 24.3 Å². The van der Waals surface area contributed by atoms with Crippen LogP contribution < -0.4 is 10.1 Å². The first-order valence-corrected chi connectivity index (χ1v) is 12.4. The summed E-state index contributed by atoms with van der Waals surface area (Å²) in [7, 11) is 2.14. The van der Waals surface area contributed by atoms with Crippen molar-refractivity contribution in [1.29, 1.82) is 0 Å². The Morgan fingerprint density at radius 3 is 2.70 bits per heavy atom. The molecule has 0 saturated heterocycles. The minimum absolute atomic E-state index is 0. The Labute approximate surface area is 207 Å². The maximum Gasteiger partial charge on any atom is 0.229 e. The molecule has 5 rings (SSSR count). The highest BCUT2D eigenvalue weighted by Gasteiger charge is 2.26. The van der Waals surface area contributed by atoms with Crippen molar-refractivity contribution in [3.05, 3.63) is 64.5 Å². The number of carbonyl (C=O) groups is 1. The smallest absolute Gasteiger partial charge is 0.229 e. The number of thiophene rings is 1. The van der Waals surface area contributed by atoms with Crippen molar-refractivity contribution in [2.24, 2.45) is 0 Å². The highest BCUT2D eigenvalue weighted by molar-refractivity contribution is 7.22. The van der Waals surface area contributed by atoms with Crippen molar-refractivity contribution in [3.8, 4) is 16.3 Å². The monoisotopic (exact) mass is 499 g/mol. The van der Waals surface area contributed by atoms with Crippen molar-refractivity contribution in [2.45, 2.75) is 26.3 Å². The second-order valence-corrected chi connectivity index (χ2v) is 10.1. The Bertz CT molecular complexity index is 1230. The topological polar surface area (TPSA) is 54.5 Å². The third kappa shape index (κ3) is 5.06. The molecule has 5 nitrogen and oxygen atoms in total. The van der Waals surface area contributed by atoms with E-state index >= 15 is 0 Å². The molecule has 0 atom stereocenters. The molecule has 0 saturated carbocycles. The number of likely N-dealkylation sites (N-methyl/N-ethyl adjacent to an activating group) is 1. The summed E-state index contributed by atoms with van der Waals surface area (Å²) in [4.78, 5) is 21.5. The summed E-state index contributed by atoms with van der Waals surface area (Å²) in [5, 5.41) is 5.12. The van der Waals surface area contributed by atoms with Gasteiger partial charge < -0.3 is 15.0 Å². The number of nitrogens with zero attached hydrogens (tertiary/aromatic N) is 2. The Hall–Kier alpha value is -2.45. The Balaban J connectivity index is 0.00000259. The molecule has 8 heteroatoms. The van der Waals surface area contributed by atoms with Crippen LogP contribution in [0.5, 0.6) is 5.75 Å². The number of hydrogen-bond acceptors (Lipinski definition) is 6. The molecule has 3 heterocycles. The number of halogens is 1. The molecule has 1 amide bonds. The van der Waals surface area contributed by atoms with Crippen LogP contribution in [-0.2, 0) is 24.2 Å². The summed E-state index contributed by atoms with van der Waals surface area (Å²) in [6, 6.07) is 15.9. The number of fused-ring (bicyclic) bond motifs is 2. The maximum absolute atomic E-state index is 13.0. The Kier molecular flexibility index (Phi) is 7.34. The number of aromatic nitrogens is 1. The molecule has 1 N–H and O–H groups in total. The van der Waals surface area contributed by atoms with E-state index < -0.39 is 0 Å². The first-order chi connectivity index (χ1) is 15.6. The predicted octanol–water partition coefficient (Wildman–Crippen LogP) is 6.01. The van der Waals surface area contributed by atoms with Gasteiger partial charge in [-0.25, -0.2) is 4.98 Å². The van der Waals surface area contributed by atoms with E-state index in [2.05, 4.69) is 23.3 Å². The second kappa shape index (κ2) is 10.2. The molecule has 0 unspecified atom stereocenters. The van der Waals surface area contributed by atoms with E-state index in [0.29, 0.717) is 13.0 Å². The summed E-state index contributed by atoms with van der Waals surface area (Å²) < 4.78 is 6.67. The summed E-state index contributed by atoms with van der Waals surface area (Å²) in [6.07, 6.45) is 1.30. The molecule has 0 radical (unpaired) electrons. The van der Waals surface area contributed by atoms with Crippen LogP contribution in [0.25, 0.3) is 20.8 Å². The average Bonchev–Trinajstić information content (AvgIpc) is 3.35. The fourth-order valence-corrected chi connectivity index (χ4v) is 6.51. The Morgan fingerprint density at radius 2 is 1.94 bits per heavy atom. The van der Waals surface area contributed by atoms with Gasteiger partial charge in [-0.05, 0) is 55.8 Å². The quantitative estimate of drug-likeness (QED) is 0.352.